The maximum Gasteiger partial charge on any atom is 0.240 e. The molecule has 0 heterocycles. The number of phenolic OH excluding ortho intramolecular Hbond substituents is 1. The zero-order chi connectivity index (χ0) is 15.5. The van der Waals surface area contributed by atoms with Crippen LogP contribution >= 0.6 is 11.6 Å². The van der Waals surface area contributed by atoms with Gasteiger partial charge in [0.1, 0.15) is 0 Å². The summed E-state index contributed by atoms with van der Waals surface area (Å²) in [4.78, 5) is 0.115. The lowest BCUT2D eigenvalue weighted by molar-refractivity contribution is 0.432. The summed E-state index contributed by atoms with van der Waals surface area (Å²) in [5.41, 5.74) is 0.587. The first-order valence-corrected chi connectivity index (χ1v) is 7.97. The molecule has 0 atom stereocenters. The van der Waals surface area contributed by atoms with Crippen molar-refractivity contribution < 1.29 is 17.9 Å². The summed E-state index contributed by atoms with van der Waals surface area (Å²) in [7, 11) is -3.62. The molecule has 2 aromatic rings. The van der Waals surface area contributed by atoms with Gasteiger partial charge in [0.2, 0.25) is 10.0 Å². The van der Waals surface area contributed by atoms with Crippen molar-refractivity contribution in [3.05, 3.63) is 58.9 Å². The van der Waals surface area contributed by atoms with Crippen LogP contribution in [0, 0.1) is 5.82 Å². The molecule has 0 unspecified atom stereocenters. The maximum atomic E-state index is 13.1. The second-order valence-electron chi connectivity index (χ2n) is 4.39. The Morgan fingerprint density at radius 1 is 1.14 bits per heavy atom. The van der Waals surface area contributed by atoms with Crippen LogP contribution in [0.2, 0.25) is 5.02 Å². The molecule has 21 heavy (non-hydrogen) atoms. The van der Waals surface area contributed by atoms with Crippen LogP contribution in [0.4, 0.5) is 4.39 Å². The molecule has 0 aromatic heterocycles. The number of hydrogen-bond acceptors (Lipinski definition) is 3. The number of sulfonamides is 1. The van der Waals surface area contributed by atoms with E-state index in [-0.39, 0.29) is 11.4 Å². The van der Waals surface area contributed by atoms with E-state index >= 15 is 0 Å². The number of phenols is 1. The summed E-state index contributed by atoms with van der Waals surface area (Å²) in [5.74, 6) is -1.16. The van der Waals surface area contributed by atoms with Crippen LogP contribution < -0.4 is 4.72 Å². The van der Waals surface area contributed by atoms with E-state index in [1.807, 2.05) is 0 Å². The summed E-state index contributed by atoms with van der Waals surface area (Å²) in [6.07, 6.45) is 0.310. The van der Waals surface area contributed by atoms with E-state index in [0.29, 0.717) is 17.0 Å². The van der Waals surface area contributed by atoms with Gasteiger partial charge in [0.15, 0.2) is 11.6 Å². The van der Waals surface area contributed by atoms with Gasteiger partial charge in [0.25, 0.3) is 0 Å². The Balaban J connectivity index is 1.98. The van der Waals surface area contributed by atoms with E-state index in [2.05, 4.69) is 4.72 Å². The predicted octanol–water partition coefficient (Wildman–Crippen LogP) is 2.71. The second-order valence-corrected chi connectivity index (χ2v) is 6.59. The average molecular weight is 330 g/mol. The lowest BCUT2D eigenvalue weighted by atomic mass is 10.1. The molecule has 0 saturated carbocycles. The largest absolute Gasteiger partial charge is 0.505 e. The molecule has 2 rings (SSSR count). The Morgan fingerprint density at radius 2 is 1.81 bits per heavy atom. The zero-order valence-electron chi connectivity index (χ0n) is 10.9. The standard InChI is InChI=1S/C14H13ClFNO3S/c15-11-2-4-12(5-3-11)21(19,20)17-8-7-10-1-6-14(18)13(16)9-10/h1-6,9,17-18H,7-8H2. The second kappa shape index (κ2) is 6.43. The molecule has 2 N–H and O–H groups in total. The molecule has 0 saturated heterocycles. The fourth-order valence-electron chi connectivity index (χ4n) is 1.73. The maximum absolute atomic E-state index is 13.1. The van der Waals surface area contributed by atoms with Crippen LogP contribution in [0.5, 0.6) is 5.75 Å². The van der Waals surface area contributed by atoms with Gasteiger partial charge >= 0.3 is 0 Å². The number of aromatic hydroxyl groups is 1. The monoisotopic (exact) mass is 329 g/mol. The molecule has 0 spiro atoms. The Morgan fingerprint density at radius 3 is 2.43 bits per heavy atom. The van der Waals surface area contributed by atoms with Gasteiger partial charge in [-0.2, -0.15) is 0 Å². The summed E-state index contributed by atoms with van der Waals surface area (Å²) < 4.78 is 39.5. The molecule has 0 radical (unpaired) electrons. The van der Waals surface area contributed by atoms with Gasteiger partial charge < -0.3 is 5.11 Å². The molecule has 0 aliphatic carbocycles. The van der Waals surface area contributed by atoms with E-state index in [9.17, 15) is 12.8 Å². The van der Waals surface area contributed by atoms with Crippen LogP contribution in [-0.2, 0) is 16.4 Å². The molecule has 0 fully saturated rings. The van der Waals surface area contributed by atoms with Crippen molar-refractivity contribution in [3.8, 4) is 5.75 Å². The van der Waals surface area contributed by atoms with Crippen LogP contribution in [0.3, 0.4) is 0 Å². The highest BCUT2D eigenvalue weighted by Crippen LogP contribution is 2.17. The van der Waals surface area contributed by atoms with E-state index < -0.39 is 21.6 Å². The summed E-state index contributed by atoms with van der Waals surface area (Å²) in [5, 5.41) is 9.52. The summed E-state index contributed by atoms with van der Waals surface area (Å²) in [6, 6.07) is 9.74. The fraction of sp³-hybridized carbons (Fsp3) is 0.143. The summed E-state index contributed by atoms with van der Waals surface area (Å²) in [6.45, 7) is 0.120. The zero-order valence-corrected chi connectivity index (χ0v) is 12.5. The Bertz CT molecular complexity index is 732. The van der Waals surface area contributed by atoms with Crippen molar-refractivity contribution in [2.24, 2.45) is 0 Å². The van der Waals surface area contributed by atoms with Gasteiger partial charge in [0.05, 0.1) is 4.90 Å². The van der Waals surface area contributed by atoms with E-state index in [1.54, 1.807) is 0 Å². The topological polar surface area (TPSA) is 66.4 Å². The van der Waals surface area contributed by atoms with Crippen molar-refractivity contribution in [3.63, 3.8) is 0 Å². The van der Waals surface area contributed by atoms with Gasteiger partial charge in [-0.25, -0.2) is 17.5 Å². The lowest BCUT2D eigenvalue weighted by Crippen LogP contribution is -2.25. The first kappa shape index (κ1) is 15.8. The van der Waals surface area contributed by atoms with Crippen LogP contribution in [-0.4, -0.2) is 20.1 Å². The fourth-order valence-corrected chi connectivity index (χ4v) is 2.89. The lowest BCUT2D eigenvalue weighted by Gasteiger charge is -2.07. The first-order valence-electron chi connectivity index (χ1n) is 6.11. The Kier molecular flexibility index (Phi) is 4.82. The number of nitrogens with one attached hydrogen (secondary N) is 1. The van der Waals surface area contributed by atoms with Crippen LogP contribution in [0.25, 0.3) is 0 Å². The van der Waals surface area contributed by atoms with Gasteiger partial charge in [-0.3, -0.25) is 0 Å². The predicted molar refractivity (Wildman–Crippen MR) is 78.4 cm³/mol. The third-order valence-corrected chi connectivity index (χ3v) is 4.57. The quantitative estimate of drug-likeness (QED) is 0.886. The highest BCUT2D eigenvalue weighted by atomic mass is 35.5. The highest BCUT2D eigenvalue weighted by molar-refractivity contribution is 7.89. The Hall–Kier alpha value is -1.63. The molecular weight excluding hydrogens is 317 g/mol. The van der Waals surface area contributed by atoms with E-state index in [0.717, 1.165) is 0 Å². The van der Waals surface area contributed by atoms with E-state index in [1.165, 1.54) is 42.5 Å². The molecule has 0 bridgehead atoms. The van der Waals surface area contributed by atoms with Gasteiger partial charge in [-0.05, 0) is 48.4 Å². The minimum absolute atomic E-state index is 0.115. The van der Waals surface area contributed by atoms with Gasteiger partial charge in [-0.1, -0.05) is 17.7 Å². The molecular formula is C14H13ClFNO3S. The van der Waals surface area contributed by atoms with Crippen molar-refractivity contribution in [1.82, 2.24) is 4.72 Å². The van der Waals surface area contributed by atoms with Crippen molar-refractivity contribution >= 4 is 21.6 Å². The average Bonchev–Trinajstić information content (AvgIpc) is 2.43. The SMILES string of the molecule is O=S(=O)(NCCc1ccc(O)c(F)c1)c1ccc(Cl)cc1. The summed E-state index contributed by atoms with van der Waals surface area (Å²) >= 11 is 5.70. The Labute approximate surface area is 127 Å². The number of hydrogen-bond donors (Lipinski definition) is 2. The van der Waals surface area contributed by atoms with Gasteiger partial charge in [-0.15, -0.1) is 0 Å². The van der Waals surface area contributed by atoms with Crippen molar-refractivity contribution in [1.29, 1.82) is 0 Å². The smallest absolute Gasteiger partial charge is 0.240 e. The molecule has 0 aliphatic heterocycles. The number of halogens is 2. The van der Waals surface area contributed by atoms with E-state index in [4.69, 9.17) is 16.7 Å². The van der Waals surface area contributed by atoms with Crippen LogP contribution in [0.15, 0.2) is 47.4 Å². The molecule has 7 heteroatoms. The third-order valence-electron chi connectivity index (χ3n) is 2.84. The molecule has 0 aliphatic rings. The minimum Gasteiger partial charge on any atom is -0.505 e. The molecule has 4 nitrogen and oxygen atoms in total. The van der Waals surface area contributed by atoms with Gasteiger partial charge in [0, 0.05) is 11.6 Å². The molecule has 2 aromatic carbocycles. The highest BCUT2D eigenvalue weighted by Gasteiger charge is 2.13. The normalized spacial score (nSPS) is 11.5. The van der Waals surface area contributed by atoms with Crippen LogP contribution in [0.1, 0.15) is 5.56 Å². The molecule has 112 valence electrons. The van der Waals surface area contributed by atoms with Crippen molar-refractivity contribution in [2.75, 3.05) is 6.54 Å². The number of benzene rings is 2. The first-order chi connectivity index (χ1) is 9.88. The minimum atomic E-state index is -3.62. The number of rotatable bonds is 5. The van der Waals surface area contributed by atoms with Crippen molar-refractivity contribution in [2.45, 2.75) is 11.3 Å². The molecule has 0 amide bonds. The third kappa shape index (κ3) is 4.17.